The second-order valence-corrected chi connectivity index (χ2v) is 8.83. The van der Waals surface area contributed by atoms with Gasteiger partial charge in [0.2, 0.25) is 5.91 Å². The molecule has 2 fully saturated rings. The fraction of sp³-hybridized carbons (Fsp3) is 0.550. The maximum absolute atomic E-state index is 13.7. The van der Waals surface area contributed by atoms with E-state index in [1.165, 1.54) is 12.3 Å². The highest BCUT2D eigenvalue weighted by atomic mass is 32.1. The van der Waals surface area contributed by atoms with Crippen LogP contribution in [0.15, 0.2) is 11.4 Å². The van der Waals surface area contributed by atoms with E-state index in [0.717, 1.165) is 30.2 Å². The van der Waals surface area contributed by atoms with Crippen LogP contribution in [0.3, 0.4) is 0 Å². The van der Waals surface area contributed by atoms with Gasteiger partial charge in [-0.3, -0.25) is 4.79 Å². The number of hydrogen-bond acceptors (Lipinski definition) is 6. The third-order valence-electron chi connectivity index (χ3n) is 5.40. The van der Waals surface area contributed by atoms with Crippen LogP contribution in [0.4, 0.5) is 29.5 Å². The summed E-state index contributed by atoms with van der Waals surface area (Å²) in [5.41, 5.74) is -0.375. The third kappa shape index (κ3) is 5.20. The average molecular weight is 456 g/mol. The van der Waals surface area contributed by atoms with Crippen molar-refractivity contribution in [2.75, 3.05) is 29.9 Å². The molecule has 0 unspecified atom stereocenters. The molecular formula is C20H23F3N4O3S. The number of nitrogens with one attached hydrogen (secondary N) is 2. The summed E-state index contributed by atoms with van der Waals surface area (Å²) < 4.78 is 46.5. The Labute approximate surface area is 180 Å². The zero-order chi connectivity index (χ0) is 22.2. The first-order chi connectivity index (χ1) is 14.7. The number of aromatic nitrogens is 1. The van der Waals surface area contributed by atoms with E-state index in [4.69, 9.17) is 4.74 Å². The number of nitrogens with zero attached hydrogens (tertiary/aromatic N) is 2. The number of hydrogen-bond donors (Lipinski definition) is 2. The Morgan fingerprint density at radius 1 is 1.26 bits per heavy atom. The van der Waals surface area contributed by atoms with E-state index in [9.17, 15) is 22.8 Å². The van der Waals surface area contributed by atoms with Crippen molar-refractivity contribution in [1.29, 1.82) is 0 Å². The van der Waals surface area contributed by atoms with Gasteiger partial charge >= 0.3 is 12.3 Å². The fourth-order valence-corrected chi connectivity index (χ4v) is 4.57. The van der Waals surface area contributed by atoms with Gasteiger partial charge in [0, 0.05) is 44.8 Å². The monoisotopic (exact) mass is 456 g/mol. The molecule has 0 radical (unpaired) electrons. The van der Waals surface area contributed by atoms with Gasteiger partial charge in [-0.25, -0.2) is 9.78 Å². The first kappa shape index (κ1) is 21.7. The molecule has 0 bridgehead atoms. The number of carbonyl (C=O) groups excluding carboxylic acids is 2. The van der Waals surface area contributed by atoms with Crippen molar-refractivity contribution in [2.45, 2.75) is 44.9 Å². The van der Waals surface area contributed by atoms with Crippen LogP contribution in [0.2, 0.25) is 0 Å². The number of thiophene rings is 1. The lowest BCUT2D eigenvalue weighted by atomic mass is 10.1. The highest BCUT2D eigenvalue weighted by molar-refractivity contribution is 7.18. The second kappa shape index (κ2) is 8.52. The van der Waals surface area contributed by atoms with Gasteiger partial charge in [-0.2, -0.15) is 13.2 Å². The van der Waals surface area contributed by atoms with Gasteiger partial charge < -0.3 is 20.3 Å². The smallest absolute Gasteiger partial charge is 0.417 e. The molecule has 2 N–H and O–H groups in total. The summed E-state index contributed by atoms with van der Waals surface area (Å²) >= 11 is 0.903. The highest BCUT2D eigenvalue weighted by Crippen LogP contribution is 2.42. The van der Waals surface area contributed by atoms with Crippen molar-refractivity contribution >= 4 is 45.1 Å². The number of halogens is 3. The van der Waals surface area contributed by atoms with Crippen molar-refractivity contribution in [1.82, 2.24) is 10.3 Å². The molecule has 1 aliphatic carbocycles. The minimum Gasteiger partial charge on any atom is -0.446 e. The van der Waals surface area contributed by atoms with E-state index in [-0.39, 0.29) is 33.7 Å². The fourth-order valence-electron chi connectivity index (χ4n) is 3.59. The number of alkyl carbamates (subject to hydrolysis) is 1. The summed E-state index contributed by atoms with van der Waals surface area (Å²) in [7, 11) is 0. The molecule has 0 aromatic carbocycles. The zero-order valence-corrected chi connectivity index (χ0v) is 17.7. The van der Waals surface area contributed by atoms with Gasteiger partial charge in [-0.15, -0.1) is 11.3 Å². The number of amides is 2. The van der Waals surface area contributed by atoms with Crippen LogP contribution >= 0.6 is 11.3 Å². The molecule has 7 nitrogen and oxygen atoms in total. The predicted molar refractivity (Wildman–Crippen MR) is 111 cm³/mol. The number of pyridine rings is 1. The molecule has 1 saturated heterocycles. The van der Waals surface area contributed by atoms with Gasteiger partial charge in [-0.05, 0) is 24.8 Å². The van der Waals surface area contributed by atoms with Gasteiger partial charge in [-0.1, -0.05) is 0 Å². The van der Waals surface area contributed by atoms with Crippen molar-refractivity contribution in [3.63, 3.8) is 0 Å². The Hall–Kier alpha value is -2.56. The number of piperidine rings is 1. The summed E-state index contributed by atoms with van der Waals surface area (Å²) in [5, 5.41) is 6.77. The summed E-state index contributed by atoms with van der Waals surface area (Å²) in [6, 6.07) is 1.06. The molecule has 2 aromatic rings. The summed E-state index contributed by atoms with van der Waals surface area (Å²) in [6.45, 7) is 2.74. The topological polar surface area (TPSA) is 83.6 Å². The predicted octanol–water partition coefficient (Wildman–Crippen LogP) is 4.38. The number of ether oxygens (including phenoxy) is 1. The maximum atomic E-state index is 13.7. The number of carbonyl (C=O) groups is 2. The largest absolute Gasteiger partial charge is 0.446 e. The summed E-state index contributed by atoms with van der Waals surface area (Å²) in [6.07, 6.45) is -2.01. The Morgan fingerprint density at radius 3 is 2.58 bits per heavy atom. The van der Waals surface area contributed by atoms with Crippen molar-refractivity contribution in [2.24, 2.45) is 5.92 Å². The Morgan fingerprint density at radius 2 is 1.97 bits per heavy atom. The van der Waals surface area contributed by atoms with E-state index in [2.05, 4.69) is 15.6 Å². The minimum absolute atomic E-state index is 0.00875. The zero-order valence-electron chi connectivity index (χ0n) is 16.9. The standard InChI is InChI=1S/C20H23F3N4O3S/c1-11(28)25-15-10-31-18-14(20(21,22)23)8-16(26-17(15)18)27-6-4-13(5-7-27)30-19(29)24-9-12-2-3-12/h8,10,12-13H,2-7,9H2,1H3,(H,24,29)(H,25,28). The first-order valence-corrected chi connectivity index (χ1v) is 11.0. The molecule has 2 aliphatic rings. The molecule has 0 spiro atoms. The molecule has 11 heteroatoms. The highest BCUT2D eigenvalue weighted by Gasteiger charge is 2.36. The lowest BCUT2D eigenvalue weighted by Crippen LogP contribution is -2.40. The second-order valence-electron chi connectivity index (χ2n) is 7.95. The van der Waals surface area contributed by atoms with Crippen LogP contribution in [-0.4, -0.2) is 42.7 Å². The number of alkyl halides is 3. The van der Waals surface area contributed by atoms with Crippen LogP contribution in [0.25, 0.3) is 10.2 Å². The molecule has 2 aromatic heterocycles. The Kier molecular flexibility index (Phi) is 5.96. The molecule has 1 saturated carbocycles. The lowest BCUT2D eigenvalue weighted by molar-refractivity contribution is -0.136. The summed E-state index contributed by atoms with van der Waals surface area (Å²) in [4.78, 5) is 29.5. The minimum atomic E-state index is -4.55. The first-order valence-electron chi connectivity index (χ1n) is 10.2. The van der Waals surface area contributed by atoms with Crippen LogP contribution < -0.4 is 15.5 Å². The lowest BCUT2D eigenvalue weighted by Gasteiger charge is -2.32. The maximum Gasteiger partial charge on any atom is 0.417 e. The van der Waals surface area contributed by atoms with Crippen LogP contribution in [0, 0.1) is 5.92 Å². The molecule has 3 heterocycles. The van der Waals surface area contributed by atoms with Crippen molar-refractivity contribution < 1.29 is 27.5 Å². The normalized spacial score (nSPS) is 17.6. The molecular weight excluding hydrogens is 433 g/mol. The Balaban J connectivity index is 1.48. The number of rotatable bonds is 5. The molecule has 2 amide bonds. The summed E-state index contributed by atoms with van der Waals surface area (Å²) in [5.74, 6) is 0.373. The van der Waals surface area contributed by atoms with Gasteiger partial charge in [0.1, 0.15) is 17.4 Å². The van der Waals surface area contributed by atoms with Crippen LogP contribution in [-0.2, 0) is 15.7 Å². The molecule has 1 aliphatic heterocycles. The molecule has 0 atom stereocenters. The van der Waals surface area contributed by atoms with Crippen molar-refractivity contribution in [3.05, 3.63) is 17.0 Å². The van der Waals surface area contributed by atoms with E-state index in [0.29, 0.717) is 38.4 Å². The third-order valence-corrected chi connectivity index (χ3v) is 6.40. The Bertz CT molecular complexity index is 982. The average Bonchev–Trinajstić information content (AvgIpc) is 3.46. The van der Waals surface area contributed by atoms with Crippen molar-refractivity contribution in [3.8, 4) is 0 Å². The quantitative estimate of drug-likeness (QED) is 0.698. The van der Waals surface area contributed by atoms with Gasteiger partial charge in [0.15, 0.2) is 0 Å². The number of anilines is 2. The van der Waals surface area contributed by atoms with Crippen LogP contribution in [0.5, 0.6) is 0 Å². The van der Waals surface area contributed by atoms with Crippen LogP contribution in [0.1, 0.15) is 38.2 Å². The van der Waals surface area contributed by atoms with E-state index in [1.54, 1.807) is 4.90 Å². The number of fused-ring (bicyclic) bond motifs is 1. The van der Waals surface area contributed by atoms with Gasteiger partial charge in [0.05, 0.1) is 16.0 Å². The van der Waals surface area contributed by atoms with E-state index in [1.807, 2.05) is 0 Å². The van der Waals surface area contributed by atoms with Gasteiger partial charge in [0.25, 0.3) is 0 Å². The molecule has 168 valence electrons. The SMILES string of the molecule is CC(=O)Nc1csc2c(C(F)(F)F)cc(N3CCC(OC(=O)NCC4CC4)CC3)nc12. The molecule has 31 heavy (non-hydrogen) atoms. The molecule has 4 rings (SSSR count). The van der Waals surface area contributed by atoms with E-state index >= 15 is 0 Å². The van der Waals surface area contributed by atoms with E-state index < -0.39 is 17.8 Å².